The second kappa shape index (κ2) is 7.46. The Bertz CT molecular complexity index is 922. The van der Waals surface area contributed by atoms with Crippen LogP contribution >= 0.6 is 0 Å². The van der Waals surface area contributed by atoms with E-state index in [1.165, 1.54) is 6.33 Å². The summed E-state index contributed by atoms with van der Waals surface area (Å²) in [6.07, 6.45) is 7.96. The highest BCUT2D eigenvalue weighted by atomic mass is 16.1. The number of aromatic nitrogens is 6. The average molecular weight is 369 g/mol. The number of aryl methyl sites for hydroxylation is 2. The van der Waals surface area contributed by atoms with Crippen molar-refractivity contribution in [2.75, 3.05) is 0 Å². The molecule has 1 amide bonds. The summed E-state index contributed by atoms with van der Waals surface area (Å²) in [5.41, 5.74) is 2.86. The molecule has 0 fully saturated rings. The molecule has 0 saturated heterocycles. The molecule has 8 nitrogen and oxygen atoms in total. The van der Waals surface area contributed by atoms with Crippen LogP contribution in [0.25, 0.3) is 5.78 Å². The van der Waals surface area contributed by atoms with Gasteiger partial charge in [-0.2, -0.15) is 10.1 Å². The lowest BCUT2D eigenvalue weighted by Gasteiger charge is -2.32. The van der Waals surface area contributed by atoms with Gasteiger partial charge in [-0.3, -0.25) is 4.79 Å². The Hall–Kier alpha value is -2.77. The summed E-state index contributed by atoms with van der Waals surface area (Å²) in [6, 6.07) is 0.0114. The van der Waals surface area contributed by atoms with Crippen LogP contribution in [0.15, 0.2) is 25.0 Å². The first-order chi connectivity index (χ1) is 12.8. The van der Waals surface area contributed by atoms with Crippen molar-refractivity contribution < 1.29 is 4.79 Å². The van der Waals surface area contributed by atoms with Gasteiger partial charge in [0.1, 0.15) is 6.33 Å². The number of carbonyl (C=O) groups excluding carboxylic acids is 1. The standard InChI is InChI=1S/C19H27N7O/c1-13-15(14(2)26-18(23-13)21-11-22-26)6-7-17(27)24-16(19(3,4)5)10-25-9-8-20-12-25/h8-9,11-12,16H,6-7,10H2,1-5H3,(H,24,27)/t16-/m1/s1. The first-order valence-corrected chi connectivity index (χ1v) is 9.16. The molecule has 0 radical (unpaired) electrons. The molecule has 0 aliphatic carbocycles. The smallest absolute Gasteiger partial charge is 0.252 e. The van der Waals surface area contributed by atoms with Gasteiger partial charge in [-0.15, -0.1) is 0 Å². The first-order valence-electron chi connectivity index (χ1n) is 9.16. The maximum atomic E-state index is 12.6. The van der Waals surface area contributed by atoms with Crippen molar-refractivity contribution in [3.8, 4) is 0 Å². The molecule has 0 saturated carbocycles. The third-order valence-electron chi connectivity index (χ3n) is 4.92. The second-order valence-corrected chi connectivity index (χ2v) is 7.98. The summed E-state index contributed by atoms with van der Waals surface area (Å²) in [4.78, 5) is 25.3. The largest absolute Gasteiger partial charge is 0.351 e. The Morgan fingerprint density at radius 2 is 2.07 bits per heavy atom. The summed E-state index contributed by atoms with van der Waals surface area (Å²) in [6.45, 7) is 11.0. The number of imidazole rings is 1. The van der Waals surface area contributed by atoms with Gasteiger partial charge in [0, 0.05) is 36.7 Å². The fourth-order valence-corrected chi connectivity index (χ4v) is 3.16. The van der Waals surface area contributed by atoms with Crippen molar-refractivity contribution in [3.63, 3.8) is 0 Å². The first kappa shape index (κ1) is 19.0. The molecule has 3 aromatic rings. The molecular weight excluding hydrogens is 342 g/mol. The highest BCUT2D eigenvalue weighted by Crippen LogP contribution is 2.21. The zero-order valence-corrected chi connectivity index (χ0v) is 16.6. The van der Waals surface area contributed by atoms with Crippen molar-refractivity contribution in [1.82, 2.24) is 34.4 Å². The van der Waals surface area contributed by atoms with E-state index < -0.39 is 0 Å². The Balaban J connectivity index is 1.68. The predicted molar refractivity (Wildman–Crippen MR) is 102 cm³/mol. The molecule has 3 heterocycles. The van der Waals surface area contributed by atoms with Crippen LogP contribution in [0.4, 0.5) is 0 Å². The van der Waals surface area contributed by atoms with Gasteiger partial charge in [0.25, 0.3) is 5.78 Å². The zero-order chi connectivity index (χ0) is 19.6. The average Bonchev–Trinajstić information content (AvgIpc) is 3.24. The molecular formula is C19H27N7O. The lowest BCUT2D eigenvalue weighted by Crippen LogP contribution is -2.46. The van der Waals surface area contributed by atoms with Gasteiger partial charge >= 0.3 is 0 Å². The van der Waals surface area contributed by atoms with Crippen LogP contribution < -0.4 is 5.32 Å². The van der Waals surface area contributed by atoms with Crippen LogP contribution in [-0.2, 0) is 17.8 Å². The maximum Gasteiger partial charge on any atom is 0.252 e. The Morgan fingerprint density at radius 3 is 2.74 bits per heavy atom. The molecule has 27 heavy (non-hydrogen) atoms. The van der Waals surface area contributed by atoms with E-state index >= 15 is 0 Å². The summed E-state index contributed by atoms with van der Waals surface area (Å²) in [7, 11) is 0. The third-order valence-corrected chi connectivity index (χ3v) is 4.92. The third kappa shape index (κ3) is 4.32. The number of hydrogen-bond acceptors (Lipinski definition) is 5. The molecule has 0 aromatic carbocycles. The molecule has 144 valence electrons. The van der Waals surface area contributed by atoms with Crippen LogP contribution in [0.1, 0.15) is 44.1 Å². The number of nitrogens with one attached hydrogen (secondary N) is 1. The van der Waals surface area contributed by atoms with Gasteiger partial charge in [0.2, 0.25) is 5.91 Å². The van der Waals surface area contributed by atoms with Crippen molar-refractivity contribution in [1.29, 1.82) is 0 Å². The highest BCUT2D eigenvalue weighted by molar-refractivity contribution is 5.76. The Labute approximate surface area is 159 Å². The quantitative estimate of drug-likeness (QED) is 0.719. The number of hydrogen-bond donors (Lipinski definition) is 1. The van der Waals surface area contributed by atoms with Crippen molar-refractivity contribution in [2.45, 2.75) is 60.0 Å². The van der Waals surface area contributed by atoms with Gasteiger partial charge in [-0.05, 0) is 31.2 Å². The van der Waals surface area contributed by atoms with E-state index in [1.54, 1.807) is 17.0 Å². The molecule has 0 aliphatic heterocycles. The molecule has 3 rings (SSSR count). The summed E-state index contributed by atoms with van der Waals surface area (Å²) in [5, 5.41) is 7.40. The monoisotopic (exact) mass is 369 g/mol. The van der Waals surface area contributed by atoms with Crippen LogP contribution in [0.5, 0.6) is 0 Å². The van der Waals surface area contributed by atoms with E-state index in [-0.39, 0.29) is 17.4 Å². The van der Waals surface area contributed by atoms with Gasteiger partial charge < -0.3 is 9.88 Å². The summed E-state index contributed by atoms with van der Waals surface area (Å²) < 4.78 is 3.71. The number of amides is 1. The number of fused-ring (bicyclic) bond motifs is 1. The lowest BCUT2D eigenvalue weighted by atomic mass is 9.86. The molecule has 3 aromatic heterocycles. The summed E-state index contributed by atoms with van der Waals surface area (Å²) in [5.74, 6) is 0.624. The van der Waals surface area contributed by atoms with E-state index in [1.807, 2.05) is 24.6 Å². The van der Waals surface area contributed by atoms with Gasteiger partial charge in [0.15, 0.2) is 0 Å². The highest BCUT2D eigenvalue weighted by Gasteiger charge is 2.26. The minimum Gasteiger partial charge on any atom is -0.351 e. The molecule has 1 N–H and O–H groups in total. The Kier molecular flexibility index (Phi) is 5.25. The SMILES string of the molecule is Cc1nc2ncnn2c(C)c1CCC(=O)N[C@H](Cn1ccnc1)C(C)(C)C. The number of carbonyl (C=O) groups is 1. The molecule has 0 bridgehead atoms. The van der Waals surface area contributed by atoms with Crippen LogP contribution in [0.3, 0.4) is 0 Å². The normalized spacial score (nSPS) is 13.1. The summed E-state index contributed by atoms with van der Waals surface area (Å²) >= 11 is 0. The van der Waals surface area contributed by atoms with Gasteiger partial charge in [-0.1, -0.05) is 20.8 Å². The molecule has 8 heteroatoms. The molecule has 0 unspecified atom stereocenters. The predicted octanol–water partition coefficient (Wildman–Crippen LogP) is 2.10. The number of nitrogens with zero attached hydrogens (tertiary/aromatic N) is 6. The number of rotatable bonds is 6. The van der Waals surface area contributed by atoms with E-state index in [0.29, 0.717) is 25.2 Å². The second-order valence-electron chi connectivity index (χ2n) is 7.98. The minimum absolute atomic E-state index is 0.0114. The lowest BCUT2D eigenvalue weighted by molar-refractivity contribution is -0.122. The zero-order valence-electron chi connectivity index (χ0n) is 16.6. The van der Waals surface area contributed by atoms with E-state index in [2.05, 4.69) is 46.1 Å². The van der Waals surface area contributed by atoms with Gasteiger partial charge in [-0.25, -0.2) is 14.5 Å². The van der Waals surface area contributed by atoms with Crippen LogP contribution in [0, 0.1) is 19.3 Å². The molecule has 0 spiro atoms. The van der Waals surface area contributed by atoms with Crippen molar-refractivity contribution in [2.24, 2.45) is 5.41 Å². The minimum atomic E-state index is -0.0625. The van der Waals surface area contributed by atoms with Gasteiger partial charge in [0.05, 0.1) is 12.4 Å². The fourth-order valence-electron chi connectivity index (χ4n) is 3.16. The van der Waals surface area contributed by atoms with E-state index in [9.17, 15) is 4.79 Å². The van der Waals surface area contributed by atoms with Crippen molar-refractivity contribution >= 4 is 11.7 Å². The maximum absolute atomic E-state index is 12.6. The van der Waals surface area contributed by atoms with Crippen molar-refractivity contribution in [3.05, 3.63) is 42.0 Å². The van der Waals surface area contributed by atoms with E-state index in [0.717, 1.165) is 17.0 Å². The topological polar surface area (TPSA) is 90.0 Å². The molecule has 0 aliphatic rings. The van der Waals surface area contributed by atoms with E-state index in [4.69, 9.17) is 0 Å². The molecule has 1 atom stereocenters. The fraction of sp³-hybridized carbons (Fsp3) is 0.526. The van der Waals surface area contributed by atoms with Crippen LogP contribution in [0.2, 0.25) is 0 Å². The Morgan fingerprint density at radius 1 is 1.30 bits per heavy atom. The van der Waals surface area contributed by atoms with Crippen LogP contribution in [-0.4, -0.2) is 41.1 Å².